The first-order chi connectivity index (χ1) is 10.2. The highest BCUT2D eigenvalue weighted by atomic mass is 35.5. The smallest absolute Gasteiger partial charge is 0.128 e. The quantitative estimate of drug-likeness (QED) is 0.822. The predicted molar refractivity (Wildman–Crippen MR) is 86.6 cm³/mol. The summed E-state index contributed by atoms with van der Waals surface area (Å²) in [7, 11) is 0. The van der Waals surface area contributed by atoms with Gasteiger partial charge in [-0.2, -0.15) is 0 Å². The van der Waals surface area contributed by atoms with E-state index in [0.717, 1.165) is 24.3 Å². The first-order valence-corrected chi connectivity index (χ1v) is 7.40. The molecule has 0 aliphatic heterocycles. The minimum Gasteiger partial charge on any atom is -0.492 e. The predicted octanol–water partition coefficient (Wildman–Crippen LogP) is 3.44. The van der Waals surface area contributed by atoms with E-state index < -0.39 is 0 Å². The molecule has 112 valence electrons. The Hall–Kier alpha value is -1.78. The Labute approximate surface area is 130 Å². The number of benzene rings is 1. The summed E-state index contributed by atoms with van der Waals surface area (Å²) in [5, 5.41) is 3.99. The van der Waals surface area contributed by atoms with E-state index in [-0.39, 0.29) is 6.04 Å². The number of nitrogens with zero attached hydrogens (tertiary/aromatic N) is 1. The molecule has 4 nitrogen and oxygen atoms in total. The van der Waals surface area contributed by atoms with Crippen molar-refractivity contribution in [3.8, 4) is 5.75 Å². The van der Waals surface area contributed by atoms with Gasteiger partial charge in [0.05, 0.1) is 11.1 Å². The summed E-state index contributed by atoms with van der Waals surface area (Å²) in [6.45, 7) is 3.45. The van der Waals surface area contributed by atoms with E-state index in [1.54, 1.807) is 6.20 Å². The number of pyridine rings is 1. The Kier molecular flexibility index (Phi) is 5.84. The molecule has 0 amide bonds. The third-order valence-corrected chi connectivity index (χ3v) is 3.30. The monoisotopic (exact) mass is 305 g/mol. The Morgan fingerprint density at radius 2 is 2.10 bits per heavy atom. The van der Waals surface area contributed by atoms with E-state index >= 15 is 0 Å². The van der Waals surface area contributed by atoms with Gasteiger partial charge in [0.2, 0.25) is 0 Å². The molecule has 0 bridgehead atoms. The van der Waals surface area contributed by atoms with Gasteiger partial charge in [0.15, 0.2) is 0 Å². The summed E-state index contributed by atoms with van der Waals surface area (Å²) >= 11 is 6.03. The maximum absolute atomic E-state index is 6.03. The number of rotatable bonds is 7. The number of nitrogens with one attached hydrogen (secondary N) is 1. The number of nitrogens with two attached hydrogens (primary N) is 1. The zero-order chi connectivity index (χ0) is 15.1. The van der Waals surface area contributed by atoms with Crippen molar-refractivity contribution in [2.75, 3.05) is 18.9 Å². The second-order valence-corrected chi connectivity index (χ2v) is 5.20. The fraction of sp³-hybridized carbons (Fsp3) is 0.312. The highest BCUT2D eigenvalue weighted by Crippen LogP contribution is 2.23. The second kappa shape index (κ2) is 7.86. The second-order valence-electron chi connectivity index (χ2n) is 4.76. The molecule has 2 aromatic rings. The van der Waals surface area contributed by atoms with Crippen molar-refractivity contribution in [2.45, 2.75) is 19.4 Å². The number of hydrogen-bond acceptors (Lipinski definition) is 4. The lowest BCUT2D eigenvalue weighted by Gasteiger charge is -2.20. The molecule has 1 aromatic carbocycles. The van der Waals surface area contributed by atoms with Gasteiger partial charge in [-0.15, -0.1) is 0 Å². The van der Waals surface area contributed by atoms with Crippen LogP contribution in [0.25, 0.3) is 0 Å². The van der Waals surface area contributed by atoms with Gasteiger partial charge < -0.3 is 15.8 Å². The number of halogens is 1. The maximum atomic E-state index is 6.03. The number of ether oxygens (including phenoxy) is 1. The standard InChI is InChI=1S/C16H20ClN3O/c1-2-8-19-15(11-21-13-6-4-3-5-7-13)14-9-12(17)10-20-16(14)18/h3-7,9-10,15,19H,2,8,11H2,1H3,(H2,18,20). The largest absolute Gasteiger partial charge is 0.492 e. The molecule has 5 heteroatoms. The van der Waals surface area contributed by atoms with Crippen molar-refractivity contribution in [3.05, 3.63) is 53.2 Å². The van der Waals surface area contributed by atoms with Crippen LogP contribution in [0.4, 0.5) is 5.82 Å². The molecule has 0 saturated heterocycles. The zero-order valence-electron chi connectivity index (χ0n) is 12.1. The van der Waals surface area contributed by atoms with E-state index in [0.29, 0.717) is 17.4 Å². The molecular formula is C16H20ClN3O. The fourth-order valence-electron chi connectivity index (χ4n) is 2.02. The Morgan fingerprint density at radius 3 is 2.81 bits per heavy atom. The Balaban J connectivity index is 2.12. The summed E-state index contributed by atoms with van der Waals surface area (Å²) in [4.78, 5) is 4.11. The van der Waals surface area contributed by atoms with Crippen LogP contribution in [-0.4, -0.2) is 18.1 Å². The van der Waals surface area contributed by atoms with Crippen molar-refractivity contribution < 1.29 is 4.74 Å². The number of nitrogen functional groups attached to an aromatic ring is 1. The summed E-state index contributed by atoms with van der Waals surface area (Å²) in [5.74, 6) is 1.30. The molecule has 0 saturated carbocycles. The molecule has 1 aromatic heterocycles. The molecule has 2 rings (SSSR count). The third kappa shape index (κ3) is 4.62. The lowest BCUT2D eigenvalue weighted by Crippen LogP contribution is -2.28. The Bertz CT molecular complexity index is 563. The van der Waals surface area contributed by atoms with Gasteiger partial charge in [0.25, 0.3) is 0 Å². The minimum atomic E-state index is -0.0450. The molecule has 0 aliphatic carbocycles. The van der Waals surface area contributed by atoms with Crippen molar-refractivity contribution in [1.29, 1.82) is 0 Å². The van der Waals surface area contributed by atoms with Crippen LogP contribution >= 0.6 is 11.6 Å². The van der Waals surface area contributed by atoms with E-state index in [2.05, 4.69) is 17.2 Å². The average Bonchev–Trinajstić information content (AvgIpc) is 2.51. The SMILES string of the molecule is CCCNC(COc1ccccc1)c1cc(Cl)cnc1N. The van der Waals surface area contributed by atoms with Crippen LogP contribution in [0.1, 0.15) is 24.9 Å². The van der Waals surface area contributed by atoms with Crippen molar-refractivity contribution >= 4 is 17.4 Å². The van der Waals surface area contributed by atoms with Crippen molar-refractivity contribution in [1.82, 2.24) is 10.3 Å². The summed E-state index contributed by atoms with van der Waals surface area (Å²) in [6, 6.07) is 11.5. The van der Waals surface area contributed by atoms with E-state index in [1.807, 2.05) is 36.4 Å². The molecule has 0 radical (unpaired) electrons. The van der Waals surface area contributed by atoms with Gasteiger partial charge in [-0.1, -0.05) is 36.7 Å². The Morgan fingerprint density at radius 1 is 1.33 bits per heavy atom. The zero-order valence-corrected chi connectivity index (χ0v) is 12.8. The van der Waals surface area contributed by atoms with E-state index in [4.69, 9.17) is 22.1 Å². The van der Waals surface area contributed by atoms with Crippen LogP contribution in [0.3, 0.4) is 0 Å². The molecule has 21 heavy (non-hydrogen) atoms. The number of hydrogen-bond donors (Lipinski definition) is 2. The van der Waals surface area contributed by atoms with Crippen LogP contribution in [0, 0.1) is 0 Å². The maximum Gasteiger partial charge on any atom is 0.128 e. The number of anilines is 1. The van der Waals surface area contributed by atoms with Crippen LogP contribution in [0.5, 0.6) is 5.75 Å². The molecule has 0 fully saturated rings. The van der Waals surface area contributed by atoms with Gasteiger partial charge >= 0.3 is 0 Å². The van der Waals surface area contributed by atoms with Crippen LogP contribution < -0.4 is 15.8 Å². The van der Waals surface area contributed by atoms with Crippen LogP contribution in [0.15, 0.2) is 42.6 Å². The molecular weight excluding hydrogens is 286 g/mol. The van der Waals surface area contributed by atoms with Crippen molar-refractivity contribution in [3.63, 3.8) is 0 Å². The topological polar surface area (TPSA) is 60.2 Å². The van der Waals surface area contributed by atoms with Gasteiger partial charge in [0, 0.05) is 11.8 Å². The molecule has 1 heterocycles. The lowest BCUT2D eigenvalue weighted by atomic mass is 10.1. The average molecular weight is 306 g/mol. The van der Waals surface area contributed by atoms with Gasteiger partial charge in [-0.05, 0) is 31.2 Å². The van der Waals surface area contributed by atoms with Gasteiger partial charge in [-0.3, -0.25) is 0 Å². The van der Waals surface area contributed by atoms with E-state index in [1.165, 1.54) is 0 Å². The van der Waals surface area contributed by atoms with Gasteiger partial charge in [-0.25, -0.2) is 4.98 Å². The molecule has 0 aliphatic rings. The molecule has 0 spiro atoms. The molecule has 1 atom stereocenters. The first kappa shape index (κ1) is 15.6. The van der Waals surface area contributed by atoms with E-state index in [9.17, 15) is 0 Å². The number of aromatic nitrogens is 1. The third-order valence-electron chi connectivity index (χ3n) is 3.09. The summed E-state index contributed by atoms with van der Waals surface area (Å²) in [5.41, 5.74) is 6.83. The molecule has 1 unspecified atom stereocenters. The van der Waals surface area contributed by atoms with Crippen LogP contribution in [-0.2, 0) is 0 Å². The fourth-order valence-corrected chi connectivity index (χ4v) is 2.18. The highest BCUT2D eigenvalue weighted by Gasteiger charge is 2.16. The van der Waals surface area contributed by atoms with Crippen LogP contribution in [0.2, 0.25) is 5.02 Å². The summed E-state index contributed by atoms with van der Waals surface area (Å²) < 4.78 is 5.83. The van der Waals surface area contributed by atoms with Gasteiger partial charge in [0.1, 0.15) is 18.2 Å². The summed E-state index contributed by atoms with van der Waals surface area (Å²) in [6.07, 6.45) is 2.57. The normalized spacial score (nSPS) is 12.1. The van der Waals surface area contributed by atoms with Crippen molar-refractivity contribution in [2.24, 2.45) is 0 Å². The highest BCUT2D eigenvalue weighted by molar-refractivity contribution is 6.30. The number of para-hydroxylation sites is 1. The minimum absolute atomic E-state index is 0.0450. The first-order valence-electron chi connectivity index (χ1n) is 7.03. The molecule has 3 N–H and O–H groups in total. The lowest BCUT2D eigenvalue weighted by molar-refractivity contribution is 0.266.